The molecule has 1 aliphatic rings. The van der Waals surface area contributed by atoms with Gasteiger partial charge in [0.05, 0.1) is 12.5 Å². The zero-order valence-corrected chi connectivity index (χ0v) is 17.3. The lowest BCUT2D eigenvalue weighted by molar-refractivity contribution is -0.137. The number of halogens is 3. The Labute approximate surface area is 156 Å². The van der Waals surface area contributed by atoms with E-state index in [4.69, 9.17) is 20.8 Å². The third kappa shape index (κ3) is 4.10. The number of aromatic nitrogens is 2. The molecule has 1 aromatic rings. The van der Waals surface area contributed by atoms with Crippen molar-refractivity contribution in [3.05, 3.63) is 33.1 Å². The standard InChI is InChI=1S/C16H25ClF2N2O4Si/c1-14(2,3)26(4,5)24-10-15(9-17)8-16(18,19)12(25-15)21-7-6-11(22)20-13(21)23/h6-7,12H,8-10H2,1-5H3,(H,20,22,23)/t12-,15-/m1/s1. The topological polar surface area (TPSA) is 73.3 Å². The van der Waals surface area contributed by atoms with E-state index >= 15 is 0 Å². The molecule has 0 unspecified atom stereocenters. The normalized spacial score (nSPS) is 26.2. The van der Waals surface area contributed by atoms with Crippen LogP contribution in [0.25, 0.3) is 0 Å². The largest absolute Gasteiger partial charge is 0.414 e. The van der Waals surface area contributed by atoms with Gasteiger partial charge in [0.2, 0.25) is 6.23 Å². The van der Waals surface area contributed by atoms with Crippen LogP contribution < -0.4 is 11.2 Å². The van der Waals surface area contributed by atoms with E-state index in [1.807, 2.05) is 38.8 Å². The molecular formula is C16H25ClF2N2O4Si. The maximum Gasteiger partial charge on any atom is 0.330 e. The Morgan fingerprint density at radius 1 is 1.42 bits per heavy atom. The van der Waals surface area contributed by atoms with Crippen LogP contribution in [0.15, 0.2) is 21.9 Å². The summed E-state index contributed by atoms with van der Waals surface area (Å²) < 4.78 is 41.6. The molecule has 26 heavy (non-hydrogen) atoms. The Balaban J connectivity index is 2.30. The average molecular weight is 411 g/mol. The van der Waals surface area contributed by atoms with Crippen molar-refractivity contribution in [3.8, 4) is 0 Å². The van der Waals surface area contributed by atoms with Crippen LogP contribution in [0.3, 0.4) is 0 Å². The second-order valence-corrected chi connectivity index (χ2v) is 13.4. The highest BCUT2D eigenvalue weighted by atomic mass is 35.5. The summed E-state index contributed by atoms with van der Waals surface area (Å²) in [4.78, 5) is 25.0. The molecule has 1 aromatic heterocycles. The molecular weight excluding hydrogens is 386 g/mol. The van der Waals surface area contributed by atoms with Gasteiger partial charge in [-0.15, -0.1) is 11.6 Å². The minimum atomic E-state index is -3.34. The van der Waals surface area contributed by atoms with Crippen LogP contribution in [0.5, 0.6) is 0 Å². The zero-order chi connectivity index (χ0) is 20.0. The molecule has 1 saturated heterocycles. The fraction of sp³-hybridized carbons (Fsp3) is 0.750. The number of H-pyrrole nitrogens is 1. The Bertz CT molecular complexity index is 774. The maximum atomic E-state index is 14.6. The number of aromatic amines is 1. The summed E-state index contributed by atoms with van der Waals surface area (Å²) in [5.41, 5.74) is -3.05. The maximum absolute atomic E-state index is 14.6. The molecule has 1 aliphatic heterocycles. The lowest BCUT2D eigenvalue weighted by Crippen LogP contribution is -2.47. The fourth-order valence-electron chi connectivity index (χ4n) is 2.48. The monoisotopic (exact) mass is 410 g/mol. The van der Waals surface area contributed by atoms with Gasteiger partial charge in [-0.2, -0.15) is 0 Å². The summed E-state index contributed by atoms with van der Waals surface area (Å²) in [5.74, 6) is -3.54. The molecule has 1 N–H and O–H groups in total. The molecule has 148 valence electrons. The van der Waals surface area contributed by atoms with Gasteiger partial charge in [-0.25, -0.2) is 13.6 Å². The van der Waals surface area contributed by atoms with E-state index < -0.39 is 43.7 Å². The van der Waals surface area contributed by atoms with Crippen molar-refractivity contribution in [2.75, 3.05) is 12.5 Å². The number of nitrogens with zero attached hydrogens (tertiary/aromatic N) is 1. The molecule has 10 heteroatoms. The third-order valence-electron chi connectivity index (χ3n) is 5.13. The number of ether oxygens (including phenoxy) is 1. The molecule has 2 atom stereocenters. The first-order valence-corrected chi connectivity index (χ1v) is 11.7. The number of hydrogen-bond donors (Lipinski definition) is 1. The van der Waals surface area contributed by atoms with Gasteiger partial charge in [-0.1, -0.05) is 20.8 Å². The SMILES string of the molecule is CC(C)(C)[Si](C)(C)OC[C@]1(CCl)CC(F)(F)[C@H](n2ccc(=O)[nH]c2=O)O1. The molecule has 0 bridgehead atoms. The highest BCUT2D eigenvalue weighted by Crippen LogP contribution is 2.48. The van der Waals surface area contributed by atoms with Gasteiger partial charge >= 0.3 is 5.69 Å². The van der Waals surface area contributed by atoms with Crippen LogP contribution in [0.2, 0.25) is 18.1 Å². The lowest BCUT2D eigenvalue weighted by atomic mass is 10.0. The van der Waals surface area contributed by atoms with Gasteiger partial charge in [0.25, 0.3) is 11.5 Å². The minimum Gasteiger partial charge on any atom is -0.414 e. The van der Waals surface area contributed by atoms with Crippen molar-refractivity contribution >= 4 is 19.9 Å². The Morgan fingerprint density at radius 2 is 2.04 bits per heavy atom. The second-order valence-electron chi connectivity index (χ2n) is 8.29. The summed E-state index contributed by atoms with van der Waals surface area (Å²) in [6, 6.07) is 0.994. The molecule has 2 rings (SSSR count). The van der Waals surface area contributed by atoms with Gasteiger partial charge in [-0.3, -0.25) is 14.3 Å². The Kier molecular flexibility index (Phi) is 5.60. The smallest absolute Gasteiger partial charge is 0.330 e. The van der Waals surface area contributed by atoms with Gasteiger partial charge in [0.15, 0.2) is 8.32 Å². The van der Waals surface area contributed by atoms with Crippen LogP contribution in [0, 0.1) is 0 Å². The molecule has 2 heterocycles. The van der Waals surface area contributed by atoms with Crippen LogP contribution in [0.4, 0.5) is 8.78 Å². The van der Waals surface area contributed by atoms with E-state index in [0.29, 0.717) is 4.57 Å². The van der Waals surface area contributed by atoms with Gasteiger partial charge in [0.1, 0.15) is 5.60 Å². The first-order valence-electron chi connectivity index (χ1n) is 8.30. The zero-order valence-electron chi connectivity index (χ0n) is 15.6. The van der Waals surface area contributed by atoms with E-state index in [0.717, 1.165) is 12.3 Å². The Morgan fingerprint density at radius 3 is 2.54 bits per heavy atom. The van der Waals surface area contributed by atoms with E-state index in [1.165, 1.54) is 0 Å². The molecule has 0 spiro atoms. The first kappa shape index (κ1) is 21.3. The predicted octanol–water partition coefficient (Wildman–Crippen LogP) is 3.09. The van der Waals surface area contributed by atoms with E-state index in [-0.39, 0.29) is 17.5 Å². The van der Waals surface area contributed by atoms with E-state index in [2.05, 4.69) is 0 Å². The molecule has 6 nitrogen and oxygen atoms in total. The van der Waals surface area contributed by atoms with Gasteiger partial charge in [-0.05, 0) is 18.1 Å². The number of alkyl halides is 3. The highest BCUT2D eigenvalue weighted by Gasteiger charge is 2.59. The number of nitrogens with one attached hydrogen (secondary N) is 1. The minimum absolute atomic E-state index is 0.0861. The molecule has 0 saturated carbocycles. The van der Waals surface area contributed by atoms with Crippen LogP contribution in [-0.4, -0.2) is 41.9 Å². The van der Waals surface area contributed by atoms with Gasteiger partial charge in [0, 0.05) is 18.7 Å². The molecule has 0 radical (unpaired) electrons. The van der Waals surface area contributed by atoms with Crippen molar-refractivity contribution < 1.29 is 17.9 Å². The molecule has 0 amide bonds. The second kappa shape index (κ2) is 6.85. The number of hydrogen-bond acceptors (Lipinski definition) is 4. The highest BCUT2D eigenvalue weighted by molar-refractivity contribution is 6.74. The van der Waals surface area contributed by atoms with Crippen molar-refractivity contribution in [1.82, 2.24) is 9.55 Å². The molecule has 0 aromatic carbocycles. The van der Waals surface area contributed by atoms with Crippen LogP contribution in [0.1, 0.15) is 33.4 Å². The predicted molar refractivity (Wildman–Crippen MR) is 97.6 cm³/mol. The fourth-order valence-corrected chi connectivity index (χ4v) is 3.78. The van der Waals surface area contributed by atoms with Crippen molar-refractivity contribution in [1.29, 1.82) is 0 Å². The van der Waals surface area contributed by atoms with E-state index in [1.54, 1.807) is 0 Å². The van der Waals surface area contributed by atoms with Crippen molar-refractivity contribution in [3.63, 3.8) is 0 Å². The first-order chi connectivity index (χ1) is 11.7. The summed E-state index contributed by atoms with van der Waals surface area (Å²) in [5, 5.41) is -0.100. The van der Waals surface area contributed by atoms with Crippen molar-refractivity contribution in [2.45, 2.75) is 63.1 Å². The quantitative estimate of drug-likeness (QED) is 0.598. The van der Waals surface area contributed by atoms with Crippen molar-refractivity contribution in [2.24, 2.45) is 0 Å². The van der Waals surface area contributed by atoms with Crippen LogP contribution in [-0.2, 0) is 9.16 Å². The van der Waals surface area contributed by atoms with E-state index in [9.17, 15) is 18.4 Å². The molecule has 0 aliphatic carbocycles. The van der Waals surface area contributed by atoms with Crippen LogP contribution >= 0.6 is 11.6 Å². The summed E-state index contributed by atoms with van der Waals surface area (Å²) in [6.07, 6.45) is -1.53. The average Bonchev–Trinajstić information content (AvgIpc) is 2.76. The molecule has 1 fully saturated rings. The number of rotatable bonds is 5. The van der Waals surface area contributed by atoms with Gasteiger partial charge < -0.3 is 9.16 Å². The third-order valence-corrected chi connectivity index (χ3v) is 10.1. The Hall–Kier alpha value is -1.03. The summed E-state index contributed by atoms with van der Waals surface area (Å²) in [7, 11) is -2.20. The summed E-state index contributed by atoms with van der Waals surface area (Å²) in [6.45, 7) is 10.0. The summed E-state index contributed by atoms with van der Waals surface area (Å²) >= 11 is 5.98. The lowest BCUT2D eigenvalue weighted by Gasteiger charge is -2.39.